The Balaban J connectivity index is 1.87. The number of carbonyl (C=O) groups is 2. The van der Waals surface area contributed by atoms with Gasteiger partial charge < -0.3 is 0 Å². The molecule has 4 aromatic rings. The van der Waals surface area contributed by atoms with Crippen molar-refractivity contribution >= 4 is 45.4 Å². The maximum Gasteiger partial charge on any atom is 0.226 e. The van der Waals surface area contributed by atoms with Crippen LogP contribution in [0.1, 0.15) is 36.7 Å². The number of hydrogen-bond donors (Lipinski definition) is 0. The molecule has 0 spiro atoms. The molecule has 0 aromatic heterocycles. The highest BCUT2D eigenvalue weighted by Gasteiger charge is 2.17. The summed E-state index contributed by atoms with van der Waals surface area (Å²) in [6, 6.07) is 24.4. The van der Waals surface area contributed by atoms with Crippen LogP contribution in [0.3, 0.4) is 0 Å². The van der Waals surface area contributed by atoms with Crippen LogP contribution >= 0.6 is 11.8 Å². The smallest absolute Gasteiger partial charge is 0.226 e. The summed E-state index contributed by atoms with van der Waals surface area (Å²) in [5.41, 5.74) is 1.90. The minimum Gasteiger partial charge on any atom is -0.294 e. The third kappa shape index (κ3) is 3.70. The van der Waals surface area contributed by atoms with Gasteiger partial charge in [-0.1, -0.05) is 81.1 Å². The highest BCUT2D eigenvalue weighted by Crippen LogP contribution is 2.38. The van der Waals surface area contributed by atoms with Gasteiger partial charge in [0.1, 0.15) is 0 Å². The number of carbonyl (C=O) groups excluding carboxylic acids is 2. The van der Waals surface area contributed by atoms with Crippen LogP contribution in [-0.4, -0.2) is 12.1 Å². The van der Waals surface area contributed by atoms with Gasteiger partial charge in [-0.2, -0.15) is 0 Å². The molecule has 0 N–H and O–H groups in total. The highest BCUT2D eigenvalue weighted by molar-refractivity contribution is 7.99. The van der Waals surface area contributed by atoms with Crippen molar-refractivity contribution in [1.82, 2.24) is 0 Å². The normalized spacial score (nSPS) is 11.7. The van der Waals surface area contributed by atoms with Crippen molar-refractivity contribution in [2.45, 2.75) is 36.0 Å². The summed E-state index contributed by atoms with van der Waals surface area (Å²) in [7, 11) is 0. The number of Topliss-reactive ketones (excluding diaryl/α,β-unsaturated/α-hetero) is 1. The van der Waals surface area contributed by atoms with Crippen molar-refractivity contribution in [3.8, 4) is 0 Å². The van der Waals surface area contributed by atoms with Crippen molar-refractivity contribution in [3.05, 3.63) is 83.9 Å². The van der Waals surface area contributed by atoms with Gasteiger partial charge in [-0.25, -0.2) is 0 Å². The largest absolute Gasteiger partial charge is 0.294 e. The summed E-state index contributed by atoms with van der Waals surface area (Å²) in [6.45, 7) is 6.61. The zero-order chi connectivity index (χ0) is 20.6. The van der Waals surface area contributed by atoms with E-state index in [9.17, 15) is 9.59 Å². The Morgan fingerprint density at radius 1 is 0.828 bits per heavy atom. The summed E-state index contributed by atoms with van der Waals surface area (Å²) in [4.78, 5) is 26.0. The van der Waals surface area contributed by atoms with Gasteiger partial charge in [0.05, 0.1) is 0 Å². The quantitative estimate of drug-likeness (QED) is 0.164. The molecular formula is C26H22O2S. The molecule has 0 bridgehead atoms. The molecule has 0 fully saturated rings. The van der Waals surface area contributed by atoms with E-state index in [1.54, 1.807) is 11.8 Å². The van der Waals surface area contributed by atoms with Crippen molar-refractivity contribution in [3.63, 3.8) is 0 Å². The van der Waals surface area contributed by atoms with E-state index in [4.69, 9.17) is 0 Å². The monoisotopic (exact) mass is 398 g/mol. The summed E-state index contributed by atoms with van der Waals surface area (Å²) < 4.78 is 0. The van der Waals surface area contributed by atoms with E-state index in [2.05, 4.69) is 57.2 Å². The van der Waals surface area contributed by atoms with Crippen LogP contribution in [0.25, 0.3) is 21.5 Å². The number of aldehydes is 1. The van der Waals surface area contributed by atoms with Gasteiger partial charge >= 0.3 is 0 Å². The van der Waals surface area contributed by atoms with E-state index >= 15 is 0 Å². The summed E-state index contributed by atoms with van der Waals surface area (Å²) >= 11 is 1.67. The van der Waals surface area contributed by atoms with Crippen LogP contribution in [0.15, 0.2) is 82.6 Å². The molecule has 4 aromatic carbocycles. The predicted octanol–water partition coefficient (Wildman–Crippen LogP) is 6.82. The Hall–Kier alpha value is -2.91. The second kappa shape index (κ2) is 7.49. The molecule has 0 unspecified atom stereocenters. The zero-order valence-electron chi connectivity index (χ0n) is 16.7. The first-order chi connectivity index (χ1) is 13.9. The predicted molar refractivity (Wildman–Crippen MR) is 121 cm³/mol. The molecule has 144 valence electrons. The molecular weight excluding hydrogens is 376 g/mol. The van der Waals surface area contributed by atoms with Crippen molar-refractivity contribution in [2.75, 3.05) is 0 Å². The number of ketones is 1. The topological polar surface area (TPSA) is 34.1 Å². The lowest BCUT2D eigenvalue weighted by Gasteiger charge is -2.19. The number of fused-ring (bicyclic) bond motifs is 2. The van der Waals surface area contributed by atoms with Gasteiger partial charge in [-0.15, -0.1) is 0 Å². The minimum absolute atomic E-state index is 0.117. The molecule has 3 heteroatoms. The molecule has 0 aliphatic heterocycles. The Bertz CT molecular complexity index is 1230. The van der Waals surface area contributed by atoms with Crippen LogP contribution in [0.2, 0.25) is 0 Å². The van der Waals surface area contributed by atoms with Gasteiger partial charge in [0.15, 0.2) is 6.29 Å². The van der Waals surface area contributed by atoms with E-state index in [0.29, 0.717) is 11.8 Å². The zero-order valence-corrected chi connectivity index (χ0v) is 17.5. The molecule has 4 rings (SSSR count). The van der Waals surface area contributed by atoms with Crippen LogP contribution in [0, 0.1) is 0 Å². The molecule has 0 amide bonds. The van der Waals surface area contributed by atoms with E-state index in [0.717, 1.165) is 31.3 Å². The first-order valence-electron chi connectivity index (χ1n) is 9.61. The van der Waals surface area contributed by atoms with E-state index in [1.165, 1.54) is 5.56 Å². The van der Waals surface area contributed by atoms with E-state index in [-0.39, 0.29) is 5.41 Å². The van der Waals surface area contributed by atoms with Crippen molar-refractivity contribution in [2.24, 2.45) is 0 Å². The number of benzene rings is 4. The van der Waals surface area contributed by atoms with Crippen LogP contribution in [-0.2, 0) is 10.2 Å². The average Bonchev–Trinajstić information content (AvgIpc) is 2.71. The first kappa shape index (κ1) is 19.4. The Morgan fingerprint density at radius 3 is 2.21 bits per heavy atom. The van der Waals surface area contributed by atoms with Crippen LogP contribution in [0.4, 0.5) is 0 Å². The van der Waals surface area contributed by atoms with E-state index in [1.807, 2.05) is 36.4 Å². The van der Waals surface area contributed by atoms with Gasteiger partial charge in [0.25, 0.3) is 0 Å². The first-order valence-corrected chi connectivity index (χ1v) is 10.4. The third-order valence-electron chi connectivity index (χ3n) is 5.17. The van der Waals surface area contributed by atoms with E-state index < -0.39 is 5.78 Å². The number of hydrogen-bond acceptors (Lipinski definition) is 3. The molecule has 0 atom stereocenters. The lowest BCUT2D eigenvalue weighted by Crippen LogP contribution is -2.10. The summed E-state index contributed by atoms with van der Waals surface area (Å²) in [5.74, 6) is -0.483. The molecule has 0 heterocycles. The molecule has 0 saturated heterocycles. The molecule has 29 heavy (non-hydrogen) atoms. The maximum absolute atomic E-state index is 12.5. The Kier molecular flexibility index (Phi) is 5.01. The molecule has 2 nitrogen and oxygen atoms in total. The molecule has 0 radical (unpaired) electrons. The van der Waals surface area contributed by atoms with Crippen LogP contribution in [0.5, 0.6) is 0 Å². The maximum atomic E-state index is 12.5. The number of rotatable bonds is 4. The summed E-state index contributed by atoms with van der Waals surface area (Å²) in [6.07, 6.45) is 0.409. The fraction of sp³-hybridized carbons (Fsp3) is 0.154. The fourth-order valence-corrected chi connectivity index (χ4v) is 4.58. The second-order valence-electron chi connectivity index (χ2n) is 8.18. The highest BCUT2D eigenvalue weighted by atomic mass is 32.2. The average molecular weight is 399 g/mol. The third-order valence-corrected chi connectivity index (χ3v) is 6.25. The Morgan fingerprint density at radius 2 is 1.52 bits per heavy atom. The molecule has 0 saturated carbocycles. The second-order valence-corrected chi connectivity index (χ2v) is 9.30. The van der Waals surface area contributed by atoms with Gasteiger partial charge in [0.2, 0.25) is 5.78 Å². The fourth-order valence-electron chi connectivity index (χ4n) is 3.63. The standard InChI is InChI=1S/C26H22O2S/c1-26(2,3)18-11-13-19(14-12-18)29-24-10-6-9-21-22(24)15-17-7-4-5-8-20(17)25(21)23(28)16-27/h4-16H,1-3H3. The molecule has 0 aliphatic carbocycles. The Labute approximate surface area is 174 Å². The summed E-state index contributed by atoms with van der Waals surface area (Å²) in [5, 5.41) is 3.58. The lowest BCUT2D eigenvalue weighted by molar-refractivity contribution is -0.104. The molecule has 0 aliphatic rings. The van der Waals surface area contributed by atoms with Gasteiger partial charge in [0, 0.05) is 15.4 Å². The SMILES string of the molecule is CC(C)(C)c1ccc(Sc2cccc3c(C(=O)C=O)c4ccccc4cc23)cc1. The lowest BCUT2D eigenvalue weighted by atomic mass is 9.87. The minimum atomic E-state index is -0.483. The van der Waals surface area contributed by atoms with Crippen LogP contribution < -0.4 is 0 Å². The van der Waals surface area contributed by atoms with Crippen molar-refractivity contribution in [1.29, 1.82) is 0 Å². The van der Waals surface area contributed by atoms with Gasteiger partial charge in [-0.05, 0) is 56.8 Å². The van der Waals surface area contributed by atoms with Gasteiger partial charge in [-0.3, -0.25) is 9.59 Å². The van der Waals surface area contributed by atoms with Crippen molar-refractivity contribution < 1.29 is 9.59 Å².